The minimum atomic E-state index is -3.71. The smallest absolute Gasteiger partial charge is 0.243 e. The van der Waals surface area contributed by atoms with E-state index in [0.29, 0.717) is 18.7 Å². The third kappa shape index (κ3) is 3.70. The molecule has 7 heteroatoms. The average molecular weight is 376 g/mol. The number of nitrogens with zero attached hydrogens (tertiary/aromatic N) is 2. The molecule has 138 valence electrons. The topological polar surface area (TPSA) is 57.7 Å². The van der Waals surface area contributed by atoms with Crippen LogP contribution in [-0.4, -0.2) is 50.1 Å². The van der Waals surface area contributed by atoms with Gasteiger partial charge in [0.15, 0.2) is 5.78 Å². The van der Waals surface area contributed by atoms with Crippen molar-refractivity contribution in [2.24, 2.45) is 0 Å². The normalized spacial score (nSPS) is 19.4. The summed E-state index contributed by atoms with van der Waals surface area (Å²) in [7, 11) is -1.79. The summed E-state index contributed by atoms with van der Waals surface area (Å²) in [5, 5.41) is 0. The summed E-state index contributed by atoms with van der Waals surface area (Å²) in [6, 6.07) is 12.1. The Morgan fingerprint density at radius 1 is 1.12 bits per heavy atom. The van der Waals surface area contributed by atoms with Gasteiger partial charge in [-0.1, -0.05) is 24.3 Å². The van der Waals surface area contributed by atoms with E-state index in [2.05, 4.69) is 4.90 Å². The van der Waals surface area contributed by atoms with E-state index in [1.54, 1.807) is 24.3 Å². The highest BCUT2D eigenvalue weighted by molar-refractivity contribution is 7.89. The number of benzene rings is 2. The van der Waals surface area contributed by atoms with Crippen molar-refractivity contribution >= 4 is 15.8 Å². The van der Waals surface area contributed by atoms with Crippen LogP contribution in [0.3, 0.4) is 0 Å². The zero-order chi connectivity index (χ0) is 18.9. The van der Waals surface area contributed by atoms with Gasteiger partial charge in [0.2, 0.25) is 10.0 Å². The Kier molecular flexibility index (Phi) is 5.22. The molecular formula is C19H21FN2O3S. The van der Waals surface area contributed by atoms with Gasteiger partial charge in [-0.2, -0.15) is 4.31 Å². The van der Waals surface area contributed by atoms with Crippen molar-refractivity contribution in [1.82, 2.24) is 9.21 Å². The summed E-state index contributed by atoms with van der Waals surface area (Å²) in [6.45, 7) is 2.61. The predicted octanol–water partition coefficient (Wildman–Crippen LogP) is 2.71. The van der Waals surface area contributed by atoms with Crippen molar-refractivity contribution in [2.75, 3.05) is 26.7 Å². The second kappa shape index (κ2) is 7.26. The van der Waals surface area contributed by atoms with E-state index in [-0.39, 0.29) is 29.1 Å². The maximum Gasteiger partial charge on any atom is 0.243 e. The summed E-state index contributed by atoms with van der Waals surface area (Å²) < 4.78 is 40.7. The van der Waals surface area contributed by atoms with Crippen LogP contribution in [0.15, 0.2) is 53.4 Å². The zero-order valence-corrected chi connectivity index (χ0v) is 15.5. The highest BCUT2D eigenvalue weighted by atomic mass is 32.2. The van der Waals surface area contributed by atoms with Crippen LogP contribution < -0.4 is 0 Å². The molecule has 3 rings (SSSR count). The standard InChI is InChI=1S/C19H21FN2O3S/c1-14(23)16-4-3-5-18(12-16)26(24,25)22-11-10-21(2)19(13-22)15-6-8-17(20)9-7-15/h3-9,12,19H,10-11,13H2,1-2H3. The molecule has 1 aliphatic rings. The van der Waals surface area contributed by atoms with Gasteiger partial charge < -0.3 is 0 Å². The number of Topliss-reactive ketones (excluding diaryl/α,β-unsaturated/α-hetero) is 1. The van der Waals surface area contributed by atoms with Crippen molar-refractivity contribution in [1.29, 1.82) is 0 Å². The minimum Gasteiger partial charge on any atom is -0.297 e. The van der Waals surface area contributed by atoms with Gasteiger partial charge in [-0.3, -0.25) is 9.69 Å². The quantitative estimate of drug-likeness (QED) is 0.770. The number of sulfonamides is 1. The molecule has 1 fully saturated rings. The first-order chi connectivity index (χ1) is 12.3. The van der Waals surface area contributed by atoms with Crippen molar-refractivity contribution < 1.29 is 17.6 Å². The first-order valence-corrected chi connectivity index (χ1v) is 9.80. The van der Waals surface area contributed by atoms with Crippen LogP contribution in [0.1, 0.15) is 28.9 Å². The first-order valence-electron chi connectivity index (χ1n) is 8.36. The Bertz CT molecular complexity index is 913. The van der Waals surface area contributed by atoms with Gasteiger partial charge in [0.05, 0.1) is 4.90 Å². The molecule has 2 aromatic carbocycles. The molecule has 1 atom stereocenters. The molecule has 0 amide bonds. The maximum atomic E-state index is 13.2. The van der Waals surface area contributed by atoms with Crippen molar-refractivity contribution in [3.63, 3.8) is 0 Å². The molecule has 5 nitrogen and oxygen atoms in total. The van der Waals surface area contributed by atoms with E-state index in [1.165, 1.54) is 35.5 Å². The second-order valence-corrected chi connectivity index (χ2v) is 8.43. The molecule has 0 radical (unpaired) electrons. The van der Waals surface area contributed by atoms with Gasteiger partial charge in [0.25, 0.3) is 0 Å². The molecular weight excluding hydrogens is 355 g/mol. The van der Waals surface area contributed by atoms with E-state index in [4.69, 9.17) is 0 Å². The average Bonchev–Trinajstić information content (AvgIpc) is 2.63. The molecule has 1 aliphatic heterocycles. The van der Waals surface area contributed by atoms with Crippen molar-refractivity contribution in [2.45, 2.75) is 17.9 Å². The fourth-order valence-corrected chi connectivity index (χ4v) is 4.62. The lowest BCUT2D eigenvalue weighted by atomic mass is 10.0. The number of likely N-dealkylation sites (N-methyl/N-ethyl adjacent to an activating group) is 1. The van der Waals surface area contributed by atoms with E-state index in [0.717, 1.165) is 5.56 Å². The van der Waals surface area contributed by atoms with Crippen LogP contribution in [0.2, 0.25) is 0 Å². The van der Waals surface area contributed by atoms with Crippen molar-refractivity contribution in [3.05, 3.63) is 65.5 Å². The van der Waals surface area contributed by atoms with E-state index in [9.17, 15) is 17.6 Å². The number of ketones is 1. The Morgan fingerprint density at radius 3 is 2.46 bits per heavy atom. The fraction of sp³-hybridized carbons (Fsp3) is 0.316. The second-order valence-electron chi connectivity index (χ2n) is 6.50. The molecule has 0 spiro atoms. The van der Waals surface area contributed by atoms with Crippen LogP contribution in [0, 0.1) is 5.82 Å². The largest absolute Gasteiger partial charge is 0.297 e. The third-order valence-electron chi connectivity index (χ3n) is 4.74. The summed E-state index contributed by atoms with van der Waals surface area (Å²) in [5.74, 6) is -0.498. The molecule has 0 bridgehead atoms. The number of carbonyl (C=O) groups is 1. The maximum absolute atomic E-state index is 13.2. The molecule has 2 aromatic rings. The van der Waals surface area contributed by atoms with Gasteiger partial charge in [-0.25, -0.2) is 12.8 Å². The highest BCUT2D eigenvalue weighted by Gasteiger charge is 2.33. The fourth-order valence-electron chi connectivity index (χ4n) is 3.14. The summed E-state index contributed by atoms with van der Waals surface area (Å²) in [5.41, 5.74) is 1.24. The van der Waals surface area contributed by atoms with Crippen LogP contribution in [0.5, 0.6) is 0 Å². The third-order valence-corrected chi connectivity index (χ3v) is 6.60. The predicted molar refractivity (Wildman–Crippen MR) is 97.0 cm³/mol. The summed E-state index contributed by atoms with van der Waals surface area (Å²) in [4.78, 5) is 13.7. The van der Waals surface area contributed by atoms with Gasteiger partial charge in [0.1, 0.15) is 5.82 Å². The van der Waals surface area contributed by atoms with Crippen LogP contribution in [0.25, 0.3) is 0 Å². The number of rotatable bonds is 4. The molecule has 0 aromatic heterocycles. The van der Waals surface area contributed by atoms with Crippen LogP contribution in [-0.2, 0) is 10.0 Å². The summed E-state index contributed by atoms with van der Waals surface area (Å²) >= 11 is 0. The Morgan fingerprint density at radius 2 is 1.81 bits per heavy atom. The lowest BCUT2D eigenvalue weighted by Crippen LogP contribution is -2.48. The van der Waals surface area contributed by atoms with Gasteiger partial charge in [-0.15, -0.1) is 0 Å². The summed E-state index contributed by atoms with van der Waals surface area (Å²) in [6.07, 6.45) is 0. The van der Waals surface area contributed by atoms with E-state index >= 15 is 0 Å². The van der Waals surface area contributed by atoms with Gasteiger partial charge in [0, 0.05) is 31.2 Å². The lowest BCUT2D eigenvalue weighted by Gasteiger charge is -2.39. The zero-order valence-electron chi connectivity index (χ0n) is 14.7. The number of carbonyl (C=O) groups excluding carboxylic acids is 1. The van der Waals surface area contributed by atoms with Crippen LogP contribution in [0.4, 0.5) is 4.39 Å². The van der Waals surface area contributed by atoms with E-state index < -0.39 is 10.0 Å². The Balaban J connectivity index is 1.89. The number of hydrogen-bond donors (Lipinski definition) is 0. The molecule has 1 saturated heterocycles. The van der Waals surface area contributed by atoms with Crippen molar-refractivity contribution in [3.8, 4) is 0 Å². The monoisotopic (exact) mass is 376 g/mol. The number of piperazine rings is 1. The van der Waals surface area contributed by atoms with Gasteiger partial charge in [-0.05, 0) is 43.8 Å². The first kappa shape index (κ1) is 18.7. The molecule has 26 heavy (non-hydrogen) atoms. The van der Waals surface area contributed by atoms with E-state index in [1.807, 2.05) is 7.05 Å². The molecule has 1 unspecified atom stereocenters. The Hall–Kier alpha value is -2.09. The SMILES string of the molecule is CC(=O)c1cccc(S(=O)(=O)N2CCN(C)C(c3ccc(F)cc3)C2)c1. The van der Waals surface area contributed by atoms with Gasteiger partial charge >= 0.3 is 0 Å². The highest BCUT2D eigenvalue weighted by Crippen LogP contribution is 2.28. The van der Waals surface area contributed by atoms with Crippen LogP contribution >= 0.6 is 0 Å². The molecule has 0 aliphatic carbocycles. The Labute approximate surface area is 153 Å². The number of hydrogen-bond acceptors (Lipinski definition) is 4. The lowest BCUT2D eigenvalue weighted by molar-refractivity contribution is 0.101. The molecule has 0 N–H and O–H groups in total. The number of halogens is 1. The minimum absolute atomic E-state index is 0.118. The molecule has 0 saturated carbocycles. The molecule has 1 heterocycles.